The minimum absolute atomic E-state index is 0.0184. The van der Waals surface area contributed by atoms with Gasteiger partial charge in [-0.15, -0.1) is 0 Å². The van der Waals surface area contributed by atoms with Gasteiger partial charge < -0.3 is 10.4 Å². The van der Waals surface area contributed by atoms with Crippen molar-refractivity contribution >= 4 is 5.91 Å². The number of hydrogen-bond donors (Lipinski definition) is 2. The molecule has 2 unspecified atom stereocenters. The summed E-state index contributed by atoms with van der Waals surface area (Å²) in [6.07, 6.45) is 0.728. The topological polar surface area (TPSA) is 49.3 Å². The lowest BCUT2D eigenvalue weighted by molar-refractivity contribution is -0.127. The van der Waals surface area contributed by atoms with Crippen LogP contribution in [0.15, 0.2) is 24.3 Å². The first-order valence-corrected chi connectivity index (χ1v) is 6.09. The second-order valence-corrected chi connectivity index (χ2v) is 4.76. The van der Waals surface area contributed by atoms with E-state index in [1.54, 1.807) is 7.05 Å². The first kappa shape index (κ1) is 12.1. The number of nitrogens with one attached hydrogen (secondary N) is 1. The first-order valence-electron chi connectivity index (χ1n) is 6.09. The summed E-state index contributed by atoms with van der Waals surface area (Å²) in [5.74, 6) is 0.164. The fraction of sp³-hybridized carbons (Fsp3) is 0.500. The van der Waals surface area contributed by atoms with E-state index in [1.807, 2.05) is 12.1 Å². The summed E-state index contributed by atoms with van der Waals surface area (Å²) in [4.78, 5) is 11.9. The van der Waals surface area contributed by atoms with Crippen molar-refractivity contribution in [2.45, 2.75) is 19.3 Å². The molecule has 2 rings (SSSR count). The molecule has 17 heavy (non-hydrogen) atoms. The molecule has 0 saturated carbocycles. The van der Waals surface area contributed by atoms with E-state index in [0.29, 0.717) is 0 Å². The monoisotopic (exact) mass is 233 g/mol. The van der Waals surface area contributed by atoms with Crippen LogP contribution in [0.2, 0.25) is 0 Å². The summed E-state index contributed by atoms with van der Waals surface area (Å²) < 4.78 is 0. The Balaban J connectivity index is 2.37. The molecule has 3 atom stereocenters. The zero-order valence-corrected chi connectivity index (χ0v) is 10.3. The quantitative estimate of drug-likeness (QED) is 0.809. The van der Waals surface area contributed by atoms with Crippen LogP contribution in [0.3, 0.4) is 0 Å². The molecule has 1 aromatic carbocycles. The average Bonchev–Trinajstić information content (AvgIpc) is 2.37. The van der Waals surface area contributed by atoms with E-state index in [-0.39, 0.29) is 30.3 Å². The Kier molecular flexibility index (Phi) is 3.48. The van der Waals surface area contributed by atoms with Gasteiger partial charge in [-0.05, 0) is 23.5 Å². The molecule has 0 fully saturated rings. The van der Waals surface area contributed by atoms with E-state index >= 15 is 0 Å². The van der Waals surface area contributed by atoms with E-state index in [9.17, 15) is 9.90 Å². The highest BCUT2D eigenvalue weighted by Gasteiger charge is 2.37. The summed E-state index contributed by atoms with van der Waals surface area (Å²) >= 11 is 0. The molecule has 0 heterocycles. The van der Waals surface area contributed by atoms with E-state index in [4.69, 9.17) is 0 Å². The predicted molar refractivity (Wildman–Crippen MR) is 66.7 cm³/mol. The van der Waals surface area contributed by atoms with E-state index in [2.05, 4.69) is 24.4 Å². The number of fused-ring (bicyclic) bond motifs is 1. The van der Waals surface area contributed by atoms with Crippen LogP contribution in [0.1, 0.15) is 24.0 Å². The average molecular weight is 233 g/mol. The van der Waals surface area contributed by atoms with Gasteiger partial charge in [0.05, 0.1) is 0 Å². The van der Waals surface area contributed by atoms with Crippen LogP contribution in [-0.2, 0) is 11.2 Å². The largest absolute Gasteiger partial charge is 0.396 e. The van der Waals surface area contributed by atoms with Gasteiger partial charge in [0.25, 0.3) is 0 Å². The zero-order valence-electron chi connectivity index (χ0n) is 10.3. The van der Waals surface area contributed by atoms with Crippen LogP contribution in [0.5, 0.6) is 0 Å². The minimum atomic E-state index is -0.116. The normalized spacial score (nSPS) is 27.4. The molecular weight excluding hydrogens is 214 g/mol. The SMILES string of the molecule is CNC(=O)C1Cc2ccccc2[C@H](C)C1CO. The first-order chi connectivity index (χ1) is 8.19. The maximum atomic E-state index is 11.9. The third-order valence-corrected chi connectivity index (χ3v) is 3.94. The molecule has 1 aliphatic rings. The molecule has 1 amide bonds. The Labute approximate surface area is 102 Å². The number of rotatable bonds is 2. The third kappa shape index (κ3) is 2.07. The highest BCUT2D eigenvalue weighted by molar-refractivity contribution is 5.79. The van der Waals surface area contributed by atoms with Crippen molar-refractivity contribution in [1.82, 2.24) is 5.32 Å². The maximum Gasteiger partial charge on any atom is 0.223 e. The molecule has 0 aliphatic heterocycles. The van der Waals surface area contributed by atoms with Crippen LogP contribution in [-0.4, -0.2) is 24.7 Å². The van der Waals surface area contributed by atoms with Gasteiger partial charge in [-0.2, -0.15) is 0 Å². The van der Waals surface area contributed by atoms with Gasteiger partial charge in [0.2, 0.25) is 5.91 Å². The van der Waals surface area contributed by atoms with Gasteiger partial charge in [-0.3, -0.25) is 4.79 Å². The van der Waals surface area contributed by atoms with Gasteiger partial charge in [0.1, 0.15) is 0 Å². The Hall–Kier alpha value is -1.35. The summed E-state index contributed by atoms with van der Waals surface area (Å²) in [5.41, 5.74) is 2.50. The zero-order chi connectivity index (χ0) is 12.4. The number of aliphatic hydroxyl groups excluding tert-OH is 1. The van der Waals surface area contributed by atoms with Gasteiger partial charge in [-0.1, -0.05) is 31.2 Å². The molecular formula is C14H19NO2. The molecule has 2 N–H and O–H groups in total. The van der Waals surface area contributed by atoms with Crippen molar-refractivity contribution < 1.29 is 9.90 Å². The maximum absolute atomic E-state index is 11.9. The Morgan fingerprint density at radius 1 is 1.47 bits per heavy atom. The smallest absolute Gasteiger partial charge is 0.223 e. The van der Waals surface area contributed by atoms with Crippen molar-refractivity contribution in [3.8, 4) is 0 Å². The molecule has 1 aromatic rings. The standard InChI is InChI=1S/C14H19NO2/c1-9-11-6-4-3-5-10(11)7-12(13(9)8-16)14(17)15-2/h3-6,9,12-13,16H,7-8H2,1-2H3,(H,15,17)/t9-,12?,13?/m0/s1. The van der Waals surface area contributed by atoms with Crippen molar-refractivity contribution in [3.05, 3.63) is 35.4 Å². The van der Waals surface area contributed by atoms with Crippen LogP contribution in [0, 0.1) is 11.8 Å². The molecule has 92 valence electrons. The van der Waals surface area contributed by atoms with Gasteiger partial charge in [0.15, 0.2) is 0 Å². The highest BCUT2D eigenvalue weighted by Crippen LogP contribution is 2.39. The Bertz CT molecular complexity index is 416. The number of carbonyl (C=O) groups is 1. The fourth-order valence-electron chi connectivity index (χ4n) is 2.89. The molecule has 1 aliphatic carbocycles. The third-order valence-electron chi connectivity index (χ3n) is 3.94. The summed E-state index contributed by atoms with van der Waals surface area (Å²) in [6.45, 7) is 2.16. The molecule has 0 spiro atoms. The van der Waals surface area contributed by atoms with Crippen molar-refractivity contribution in [2.24, 2.45) is 11.8 Å². The number of carbonyl (C=O) groups excluding carboxylic acids is 1. The molecule has 3 nitrogen and oxygen atoms in total. The lowest BCUT2D eigenvalue weighted by Gasteiger charge is -2.36. The van der Waals surface area contributed by atoms with Crippen molar-refractivity contribution in [3.63, 3.8) is 0 Å². The van der Waals surface area contributed by atoms with E-state index in [0.717, 1.165) is 6.42 Å². The second kappa shape index (κ2) is 4.88. The van der Waals surface area contributed by atoms with Crippen LogP contribution >= 0.6 is 0 Å². The van der Waals surface area contributed by atoms with E-state index in [1.165, 1.54) is 11.1 Å². The van der Waals surface area contributed by atoms with Crippen molar-refractivity contribution in [1.29, 1.82) is 0 Å². The minimum Gasteiger partial charge on any atom is -0.396 e. The van der Waals surface area contributed by atoms with Crippen molar-refractivity contribution in [2.75, 3.05) is 13.7 Å². The summed E-state index contributed by atoms with van der Waals surface area (Å²) in [6, 6.07) is 8.20. The lowest BCUT2D eigenvalue weighted by atomic mass is 9.69. The van der Waals surface area contributed by atoms with Crippen LogP contribution in [0.25, 0.3) is 0 Å². The van der Waals surface area contributed by atoms with Crippen LogP contribution < -0.4 is 5.32 Å². The lowest BCUT2D eigenvalue weighted by Crippen LogP contribution is -2.40. The van der Waals surface area contributed by atoms with Crippen LogP contribution in [0.4, 0.5) is 0 Å². The number of benzene rings is 1. The highest BCUT2D eigenvalue weighted by atomic mass is 16.3. The molecule has 0 radical (unpaired) electrons. The van der Waals surface area contributed by atoms with E-state index < -0.39 is 0 Å². The number of amides is 1. The molecule has 3 heteroatoms. The predicted octanol–water partition coefficient (Wildman–Crippen LogP) is 1.32. The number of hydrogen-bond acceptors (Lipinski definition) is 2. The fourth-order valence-corrected chi connectivity index (χ4v) is 2.89. The summed E-state index contributed by atoms with van der Waals surface area (Å²) in [5, 5.41) is 12.2. The summed E-state index contributed by atoms with van der Waals surface area (Å²) in [7, 11) is 1.65. The Morgan fingerprint density at radius 2 is 2.18 bits per heavy atom. The molecule has 0 bridgehead atoms. The van der Waals surface area contributed by atoms with Gasteiger partial charge in [-0.25, -0.2) is 0 Å². The molecule has 0 saturated heterocycles. The van der Waals surface area contributed by atoms with Gasteiger partial charge >= 0.3 is 0 Å². The van der Waals surface area contributed by atoms with Gasteiger partial charge in [0, 0.05) is 25.5 Å². The second-order valence-electron chi connectivity index (χ2n) is 4.76. The Morgan fingerprint density at radius 3 is 2.82 bits per heavy atom. The number of aliphatic hydroxyl groups is 1. The molecule has 0 aromatic heterocycles.